The molecule has 1 atom stereocenters. The van der Waals surface area contributed by atoms with Gasteiger partial charge in [0.15, 0.2) is 0 Å². The lowest BCUT2D eigenvalue weighted by Crippen LogP contribution is -2.46. The van der Waals surface area contributed by atoms with Gasteiger partial charge in [-0.2, -0.15) is 0 Å². The molecule has 1 amide bonds. The summed E-state index contributed by atoms with van der Waals surface area (Å²) < 4.78 is 5.86. The fourth-order valence-corrected chi connectivity index (χ4v) is 4.83. The van der Waals surface area contributed by atoms with Crippen molar-refractivity contribution in [2.24, 2.45) is 0 Å². The van der Waals surface area contributed by atoms with Crippen molar-refractivity contribution in [3.8, 4) is 0 Å². The molecule has 162 valence electrons. The standard InChI is InChI=1S/C24H39N3O2/c1-5-17-26-18-10-9-15-21(26)20-14-11-16-25-22(20)27(19-12-7-6-8-13-19)23(28)29-24(2,3)4/h11,14,16,19,21H,5-10,12-13,15,17-18H2,1-4H3/t21-/m0/s1. The number of amides is 1. The van der Waals surface area contributed by atoms with E-state index >= 15 is 0 Å². The van der Waals surface area contributed by atoms with E-state index in [1.807, 2.05) is 37.9 Å². The first kappa shape index (κ1) is 22.1. The fourth-order valence-electron chi connectivity index (χ4n) is 4.83. The number of pyridine rings is 1. The molecule has 29 heavy (non-hydrogen) atoms. The van der Waals surface area contributed by atoms with E-state index in [0.29, 0.717) is 6.04 Å². The van der Waals surface area contributed by atoms with Gasteiger partial charge < -0.3 is 4.74 Å². The Bertz CT molecular complexity index is 662. The van der Waals surface area contributed by atoms with Crippen molar-refractivity contribution in [2.75, 3.05) is 18.0 Å². The molecule has 0 spiro atoms. The molecule has 1 aliphatic heterocycles. The van der Waals surface area contributed by atoms with Crippen molar-refractivity contribution >= 4 is 11.9 Å². The molecule has 0 bridgehead atoms. The zero-order chi connectivity index (χ0) is 20.9. The predicted molar refractivity (Wildman–Crippen MR) is 118 cm³/mol. The van der Waals surface area contributed by atoms with E-state index < -0.39 is 5.60 Å². The van der Waals surface area contributed by atoms with E-state index in [0.717, 1.165) is 57.4 Å². The highest BCUT2D eigenvalue weighted by Gasteiger charge is 2.35. The number of aromatic nitrogens is 1. The quantitative estimate of drug-likeness (QED) is 0.598. The number of nitrogens with zero attached hydrogens (tertiary/aromatic N) is 3. The smallest absolute Gasteiger partial charge is 0.416 e. The highest BCUT2D eigenvalue weighted by atomic mass is 16.6. The third kappa shape index (κ3) is 5.71. The van der Waals surface area contributed by atoms with Crippen LogP contribution in [0.15, 0.2) is 18.3 Å². The number of rotatable bonds is 5. The maximum Gasteiger partial charge on any atom is 0.416 e. The van der Waals surface area contributed by atoms with Crippen LogP contribution in [-0.2, 0) is 4.74 Å². The van der Waals surface area contributed by atoms with Crippen LogP contribution in [0.3, 0.4) is 0 Å². The van der Waals surface area contributed by atoms with Crippen LogP contribution in [0.4, 0.5) is 10.6 Å². The normalized spacial score (nSPS) is 21.7. The van der Waals surface area contributed by atoms with Gasteiger partial charge in [-0.15, -0.1) is 0 Å². The van der Waals surface area contributed by atoms with Gasteiger partial charge in [-0.25, -0.2) is 9.78 Å². The molecule has 2 heterocycles. The molecule has 0 aromatic carbocycles. The third-order valence-corrected chi connectivity index (χ3v) is 6.06. The summed E-state index contributed by atoms with van der Waals surface area (Å²) >= 11 is 0. The Morgan fingerprint density at radius 3 is 2.59 bits per heavy atom. The lowest BCUT2D eigenvalue weighted by Gasteiger charge is -2.40. The van der Waals surface area contributed by atoms with Crippen LogP contribution < -0.4 is 4.90 Å². The van der Waals surface area contributed by atoms with Crippen molar-refractivity contribution in [1.82, 2.24) is 9.88 Å². The average Bonchev–Trinajstić information content (AvgIpc) is 2.69. The van der Waals surface area contributed by atoms with E-state index in [-0.39, 0.29) is 12.1 Å². The largest absolute Gasteiger partial charge is 0.443 e. The number of hydrogen-bond donors (Lipinski definition) is 0. The van der Waals surface area contributed by atoms with Crippen LogP contribution in [0.5, 0.6) is 0 Å². The molecule has 1 saturated heterocycles. The number of likely N-dealkylation sites (tertiary alicyclic amines) is 1. The van der Waals surface area contributed by atoms with E-state index in [1.54, 1.807) is 0 Å². The second kappa shape index (κ2) is 9.92. The first-order chi connectivity index (χ1) is 13.9. The van der Waals surface area contributed by atoms with Crippen LogP contribution in [0.2, 0.25) is 0 Å². The van der Waals surface area contributed by atoms with E-state index in [9.17, 15) is 4.79 Å². The van der Waals surface area contributed by atoms with Crippen LogP contribution in [0.25, 0.3) is 0 Å². The molecule has 5 nitrogen and oxygen atoms in total. The molecule has 1 saturated carbocycles. The summed E-state index contributed by atoms with van der Waals surface area (Å²) in [6.45, 7) is 10.3. The highest BCUT2D eigenvalue weighted by molar-refractivity contribution is 5.88. The van der Waals surface area contributed by atoms with Crippen molar-refractivity contribution in [3.05, 3.63) is 23.9 Å². The fraction of sp³-hybridized carbons (Fsp3) is 0.750. The molecule has 2 aliphatic rings. The number of piperidine rings is 1. The summed E-state index contributed by atoms with van der Waals surface area (Å²) in [6.07, 6.45) is 12.0. The topological polar surface area (TPSA) is 45.7 Å². The summed E-state index contributed by atoms with van der Waals surface area (Å²) in [7, 11) is 0. The molecule has 0 unspecified atom stereocenters. The van der Waals surface area contributed by atoms with Crippen molar-refractivity contribution in [2.45, 2.75) is 103 Å². The molecular weight excluding hydrogens is 362 g/mol. The van der Waals surface area contributed by atoms with Gasteiger partial charge in [-0.3, -0.25) is 9.80 Å². The van der Waals surface area contributed by atoms with Crippen LogP contribution in [-0.4, -0.2) is 40.7 Å². The Morgan fingerprint density at radius 2 is 1.90 bits per heavy atom. The second-order valence-electron chi connectivity index (χ2n) is 9.61. The SMILES string of the molecule is CCCN1CCCC[C@H]1c1cccnc1N(C(=O)OC(C)(C)C)C1CCCCC1. The molecule has 2 fully saturated rings. The van der Waals surface area contributed by atoms with Gasteiger partial charge in [-0.05, 0) is 72.0 Å². The Labute approximate surface area is 176 Å². The second-order valence-corrected chi connectivity index (χ2v) is 9.61. The first-order valence-electron chi connectivity index (χ1n) is 11.6. The molecule has 1 aromatic rings. The monoisotopic (exact) mass is 401 g/mol. The minimum atomic E-state index is -0.516. The molecule has 0 radical (unpaired) electrons. The Balaban J connectivity index is 1.98. The average molecular weight is 402 g/mol. The van der Waals surface area contributed by atoms with Gasteiger partial charge in [0, 0.05) is 23.8 Å². The summed E-state index contributed by atoms with van der Waals surface area (Å²) in [5.74, 6) is 0.821. The molecule has 1 aromatic heterocycles. The lowest BCUT2D eigenvalue weighted by molar-refractivity contribution is 0.0555. The molecule has 5 heteroatoms. The van der Waals surface area contributed by atoms with E-state index in [2.05, 4.69) is 17.9 Å². The number of ether oxygens (including phenoxy) is 1. The predicted octanol–water partition coefficient (Wildman–Crippen LogP) is 6.09. The molecular formula is C24H39N3O2. The lowest BCUT2D eigenvalue weighted by atomic mass is 9.92. The van der Waals surface area contributed by atoms with Crippen molar-refractivity contribution in [3.63, 3.8) is 0 Å². The summed E-state index contributed by atoms with van der Waals surface area (Å²) in [4.78, 5) is 22.6. The number of carbonyl (C=O) groups is 1. The summed E-state index contributed by atoms with van der Waals surface area (Å²) in [6, 6.07) is 4.71. The molecule has 0 N–H and O–H groups in total. The molecule has 3 rings (SSSR count). The zero-order valence-electron chi connectivity index (χ0n) is 18.8. The number of carbonyl (C=O) groups excluding carboxylic acids is 1. The van der Waals surface area contributed by atoms with E-state index in [4.69, 9.17) is 9.72 Å². The van der Waals surface area contributed by atoms with Crippen molar-refractivity contribution in [1.29, 1.82) is 0 Å². The first-order valence-corrected chi connectivity index (χ1v) is 11.6. The minimum Gasteiger partial charge on any atom is -0.443 e. The van der Waals surface area contributed by atoms with Crippen LogP contribution >= 0.6 is 0 Å². The van der Waals surface area contributed by atoms with Gasteiger partial charge in [-0.1, -0.05) is 38.7 Å². The summed E-state index contributed by atoms with van der Waals surface area (Å²) in [5.41, 5.74) is 0.676. The van der Waals surface area contributed by atoms with Crippen LogP contribution in [0, 0.1) is 0 Å². The van der Waals surface area contributed by atoms with Gasteiger partial charge >= 0.3 is 6.09 Å². The van der Waals surface area contributed by atoms with Gasteiger partial charge in [0.25, 0.3) is 0 Å². The maximum atomic E-state index is 13.4. The minimum absolute atomic E-state index is 0.176. The zero-order valence-corrected chi connectivity index (χ0v) is 18.8. The van der Waals surface area contributed by atoms with Gasteiger partial charge in [0.05, 0.1) is 0 Å². The van der Waals surface area contributed by atoms with Crippen LogP contribution in [0.1, 0.15) is 97.1 Å². The highest BCUT2D eigenvalue weighted by Crippen LogP contribution is 2.38. The summed E-state index contributed by atoms with van der Waals surface area (Å²) in [5, 5.41) is 0. The van der Waals surface area contributed by atoms with Gasteiger partial charge in [0.2, 0.25) is 0 Å². The van der Waals surface area contributed by atoms with Crippen molar-refractivity contribution < 1.29 is 9.53 Å². The number of hydrogen-bond acceptors (Lipinski definition) is 4. The maximum absolute atomic E-state index is 13.4. The third-order valence-electron chi connectivity index (χ3n) is 6.06. The van der Waals surface area contributed by atoms with E-state index in [1.165, 1.54) is 24.8 Å². The Morgan fingerprint density at radius 1 is 1.17 bits per heavy atom. The van der Waals surface area contributed by atoms with Gasteiger partial charge in [0.1, 0.15) is 11.4 Å². The number of anilines is 1. The Kier molecular flexibility index (Phi) is 7.55. The molecule has 1 aliphatic carbocycles. The Hall–Kier alpha value is -1.62.